The first-order valence-corrected chi connectivity index (χ1v) is 11.1. The van der Waals surface area contributed by atoms with Crippen LogP contribution in [0.25, 0.3) is 10.2 Å². The van der Waals surface area contributed by atoms with Crippen LogP contribution >= 0.6 is 11.3 Å². The molecule has 0 amide bonds. The average Bonchev–Trinajstić information content (AvgIpc) is 3.09. The number of esters is 1. The van der Waals surface area contributed by atoms with Crippen molar-refractivity contribution in [2.75, 3.05) is 20.0 Å². The Morgan fingerprint density at radius 1 is 1.31 bits per heavy atom. The van der Waals surface area contributed by atoms with Gasteiger partial charge in [0.05, 0.1) is 25.4 Å². The molecule has 0 saturated carbocycles. The van der Waals surface area contributed by atoms with Crippen molar-refractivity contribution in [3.63, 3.8) is 0 Å². The van der Waals surface area contributed by atoms with Gasteiger partial charge in [0.25, 0.3) is 15.7 Å². The van der Waals surface area contributed by atoms with E-state index in [1.807, 2.05) is 0 Å². The maximum atomic E-state index is 12.4. The van der Waals surface area contributed by atoms with Gasteiger partial charge in [0.2, 0.25) is 5.82 Å². The third-order valence-electron chi connectivity index (χ3n) is 3.89. The van der Waals surface area contributed by atoms with Gasteiger partial charge in [-0.15, -0.1) is 11.3 Å². The van der Waals surface area contributed by atoms with Crippen molar-refractivity contribution in [1.29, 1.82) is 0 Å². The van der Waals surface area contributed by atoms with E-state index in [9.17, 15) is 18.0 Å². The minimum Gasteiger partial charge on any atom is -0.497 e. The number of ether oxygens (including phenoxy) is 2. The lowest BCUT2D eigenvalue weighted by Gasteiger charge is -2.06. The molecular formula is C18H18N2O7S2. The van der Waals surface area contributed by atoms with Gasteiger partial charge in [-0.05, 0) is 35.1 Å². The number of aromatic amines is 1. The Morgan fingerprint density at radius 2 is 2.10 bits per heavy atom. The highest BCUT2D eigenvalue weighted by Gasteiger charge is 2.17. The van der Waals surface area contributed by atoms with Crippen LogP contribution in [0, 0.1) is 0 Å². The van der Waals surface area contributed by atoms with Gasteiger partial charge in [-0.2, -0.15) is 8.42 Å². The van der Waals surface area contributed by atoms with Gasteiger partial charge in [-0.1, -0.05) is 12.1 Å². The van der Waals surface area contributed by atoms with Crippen LogP contribution in [0.2, 0.25) is 0 Å². The zero-order valence-corrected chi connectivity index (χ0v) is 17.3. The van der Waals surface area contributed by atoms with Gasteiger partial charge in [-0.25, -0.2) is 9.78 Å². The van der Waals surface area contributed by atoms with Crippen LogP contribution in [0.15, 0.2) is 34.4 Å². The van der Waals surface area contributed by atoms with Crippen molar-refractivity contribution in [2.45, 2.75) is 13.0 Å². The van der Waals surface area contributed by atoms with Crippen LogP contribution in [0.3, 0.4) is 0 Å². The number of nitrogens with zero attached hydrogens (tertiary/aromatic N) is 1. The number of hydrogen-bond acceptors (Lipinski definition) is 9. The Balaban J connectivity index is 1.73. The second-order valence-electron chi connectivity index (χ2n) is 6.06. The second-order valence-corrected chi connectivity index (χ2v) is 8.56. The summed E-state index contributed by atoms with van der Waals surface area (Å²) in [5, 5.41) is 1.99. The van der Waals surface area contributed by atoms with E-state index in [0.29, 0.717) is 21.5 Å². The number of methoxy groups -OCH3 is 1. The van der Waals surface area contributed by atoms with Gasteiger partial charge in [-0.3, -0.25) is 8.98 Å². The summed E-state index contributed by atoms with van der Waals surface area (Å²) in [5.74, 6) is -0.328. The van der Waals surface area contributed by atoms with Crippen LogP contribution in [-0.4, -0.2) is 44.3 Å². The molecule has 3 rings (SSSR count). The number of nitrogens with one attached hydrogen (secondary N) is 1. The highest BCUT2D eigenvalue weighted by molar-refractivity contribution is 7.85. The predicted molar refractivity (Wildman–Crippen MR) is 107 cm³/mol. The molecule has 0 atom stereocenters. The van der Waals surface area contributed by atoms with E-state index in [4.69, 9.17) is 13.7 Å². The largest absolute Gasteiger partial charge is 0.497 e. The van der Waals surface area contributed by atoms with Crippen molar-refractivity contribution in [2.24, 2.45) is 0 Å². The molecule has 2 aromatic heterocycles. The molecule has 1 N–H and O–H groups in total. The molecule has 0 aliphatic carbocycles. The summed E-state index contributed by atoms with van der Waals surface area (Å²) >= 11 is 1.18. The Labute approximate surface area is 170 Å². The maximum Gasteiger partial charge on any atom is 0.374 e. The molecule has 0 unspecified atom stereocenters. The molecule has 0 radical (unpaired) electrons. The Hall–Kier alpha value is -2.76. The number of rotatable bonds is 8. The van der Waals surface area contributed by atoms with Gasteiger partial charge in [0.15, 0.2) is 0 Å². The predicted octanol–water partition coefficient (Wildman–Crippen LogP) is 1.87. The van der Waals surface area contributed by atoms with Crippen LogP contribution in [0.4, 0.5) is 0 Å². The fourth-order valence-corrected chi connectivity index (χ4v) is 3.93. The number of thiophene rings is 1. The van der Waals surface area contributed by atoms with E-state index in [1.54, 1.807) is 29.6 Å². The van der Waals surface area contributed by atoms with Crippen LogP contribution in [0.1, 0.15) is 21.7 Å². The van der Waals surface area contributed by atoms with E-state index in [1.165, 1.54) is 18.4 Å². The summed E-state index contributed by atoms with van der Waals surface area (Å²) in [7, 11) is -2.02. The molecular weight excluding hydrogens is 420 g/mol. The number of carbonyl (C=O) groups excluding carboxylic acids is 1. The Bertz CT molecular complexity index is 1200. The summed E-state index contributed by atoms with van der Waals surface area (Å²) < 4.78 is 37.1. The van der Waals surface area contributed by atoms with Crippen LogP contribution in [0.5, 0.6) is 5.75 Å². The molecule has 0 fully saturated rings. The van der Waals surface area contributed by atoms with Crippen molar-refractivity contribution < 1.29 is 26.9 Å². The summed E-state index contributed by atoms with van der Waals surface area (Å²) in [6.45, 7) is -0.0925. The smallest absolute Gasteiger partial charge is 0.374 e. The standard InChI is InChI=1S/C18H18N2O7S2/c1-25-13-5-3-4-11(8-13)9-26-18(22)15-19-16(21)14-12(10-28-17(14)20-15)6-7-27-29(2,23)24/h3-5,8,10H,6-7,9H2,1-2H3,(H,19,20,21). The number of H-pyrrole nitrogens is 1. The molecule has 0 aliphatic heterocycles. The number of carbonyl (C=O) groups is 1. The fourth-order valence-electron chi connectivity index (χ4n) is 2.57. The molecule has 11 heteroatoms. The molecule has 9 nitrogen and oxygen atoms in total. The minimum atomic E-state index is -3.56. The van der Waals surface area contributed by atoms with E-state index >= 15 is 0 Å². The lowest BCUT2D eigenvalue weighted by Crippen LogP contribution is -2.18. The maximum absolute atomic E-state index is 12.4. The first-order chi connectivity index (χ1) is 13.8. The topological polar surface area (TPSA) is 125 Å². The number of fused-ring (bicyclic) bond motifs is 1. The van der Waals surface area contributed by atoms with Crippen molar-refractivity contribution in [1.82, 2.24) is 9.97 Å². The van der Waals surface area contributed by atoms with Crippen LogP contribution < -0.4 is 10.3 Å². The Morgan fingerprint density at radius 3 is 2.83 bits per heavy atom. The summed E-state index contributed by atoms with van der Waals surface area (Å²) in [6.07, 6.45) is 1.17. The van der Waals surface area contributed by atoms with E-state index in [0.717, 1.165) is 11.8 Å². The van der Waals surface area contributed by atoms with Crippen LogP contribution in [-0.2, 0) is 32.1 Å². The second kappa shape index (κ2) is 8.72. The molecule has 3 aromatic rings. The zero-order chi connectivity index (χ0) is 21.0. The molecule has 1 aromatic carbocycles. The van der Waals surface area contributed by atoms with Gasteiger partial charge >= 0.3 is 5.97 Å². The first kappa shape index (κ1) is 21.0. The average molecular weight is 438 g/mol. The molecule has 0 aliphatic rings. The zero-order valence-electron chi connectivity index (χ0n) is 15.6. The van der Waals surface area contributed by atoms with Gasteiger partial charge in [0.1, 0.15) is 17.2 Å². The van der Waals surface area contributed by atoms with E-state index in [-0.39, 0.29) is 25.5 Å². The molecule has 0 spiro atoms. The Kier molecular flexibility index (Phi) is 6.30. The summed E-state index contributed by atoms with van der Waals surface area (Å²) in [4.78, 5) is 31.7. The van der Waals surface area contributed by atoms with Gasteiger partial charge < -0.3 is 14.5 Å². The quantitative estimate of drug-likeness (QED) is 0.417. The normalized spacial score (nSPS) is 11.5. The van der Waals surface area contributed by atoms with Gasteiger partial charge in [0, 0.05) is 0 Å². The number of aromatic nitrogens is 2. The minimum absolute atomic E-state index is 0.00367. The number of hydrogen-bond donors (Lipinski definition) is 1. The third kappa shape index (κ3) is 5.40. The van der Waals surface area contributed by atoms with Crippen molar-refractivity contribution in [3.05, 3.63) is 57.0 Å². The highest BCUT2D eigenvalue weighted by atomic mass is 32.2. The van der Waals surface area contributed by atoms with E-state index in [2.05, 4.69) is 9.97 Å². The van der Waals surface area contributed by atoms with Crippen molar-refractivity contribution >= 4 is 37.6 Å². The van der Waals surface area contributed by atoms with Crippen molar-refractivity contribution in [3.8, 4) is 5.75 Å². The molecule has 0 bridgehead atoms. The summed E-state index contributed by atoms with van der Waals surface area (Å²) in [6, 6.07) is 7.05. The molecule has 154 valence electrons. The number of benzene rings is 1. The highest BCUT2D eigenvalue weighted by Crippen LogP contribution is 2.22. The first-order valence-electron chi connectivity index (χ1n) is 8.41. The SMILES string of the molecule is COc1cccc(COC(=O)c2nc3scc(CCOS(C)(=O)=O)c3c(=O)[nH]2)c1. The molecule has 0 saturated heterocycles. The molecule has 2 heterocycles. The molecule has 29 heavy (non-hydrogen) atoms. The van der Waals surface area contributed by atoms with E-state index < -0.39 is 21.6 Å². The monoisotopic (exact) mass is 438 g/mol. The lowest BCUT2D eigenvalue weighted by atomic mass is 10.2. The third-order valence-corrected chi connectivity index (χ3v) is 5.40. The lowest BCUT2D eigenvalue weighted by molar-refractivity contribution is 0.0458. The fraction of sp³-hybridized carbons (Fsp3) is 0.278. The summed E-state index contributed by atoms with van der Waals surface area (Å²) in [5.41, 5.74) is 0.822.